The van der Waals surface area contributed by atoms with Crippen LogP contribution in [0.1, 0.15) is 29.7 Å². The topological polar surface area (TPSA) is 73.9 Å². The van der Waals surface area contributed by atoms with E-state index in [0.29, 0.717) is 12.2 Å². The minimum Gasteiger partial charge on any atom is -0.463 e. The number of carbonyl (C=O) groups excluding carboxylic acids is 2. The van der Waals surface area contributed by atoms with Crippen molar-refractivity contribution in [2.24, 2.45) is 0 Å². The van der Waals surface area contributed by atoms with E-state index >= 15 is 0 Å². The zero-order chi connectivity index (χ0) is 25.1. The molecule has 0 aliphatic carbocycles. The van der Waals surface area contributed by atoms with Crippen LogP contribution in [0.3, 0.4) is 0 Å². The largest absolute Gasteiger partial charge is 0.463 e. The van der Waals surface area contributed by atoms with E-state index in [1.807, 2.05) is 0 Å². The molecule has 2 aliphatic rings. The molecule has 4 rings (SSSR count). The van der Waals surface area contributed by atoms with Crippen molar-refractivity contribution in [1.29, 1.82) is 0 Å². The number of benzene rings is 2. The van der Waals surface area contributed by atoms with Gasteiger partial charge in [0.05, 0.1) is 18.2 Å². The molecule has 1 fully saturated rings. The number of anilines is 1. The first-order valence-electron chi connectivity index (χ1n) is 11.7. The summed E-state index contributed by atoms with van der Waals surface area (Å²) in [6, 6.07) is 8.14. The number of hydrogen-bond donors (Lipinski definition) is 2. The lowest BCUT2D eigenvalue weighted by Crippen LogP contribution is -2.52. The van der Waals surface area contributed by atoms with Gasteiger partial charge in [-0.3, -0.25) is 4.90 Å². The molecule has 9 heteroatoms. The van der Waals surface area contributed by atoms with Crippen LogP contribution in [-0.2, 0) is 9.53 Å². The average molecular weight is 485 g/mol. The third kappa shape index (κ3) is 5.30. The normalized spacial score (nSPS) is 18.8. The molecule has 0 radical (unpaired) electrons. The van der Waals surface area contributed by atoms with Crippen molar-refractivity contribution in [2.45, 2.75) is 26.8 Å². The molecule has 2 aromatic rings. The SMILES string of the molecule is CCOC(=O)C1=C(CN2CCN(c3cccc(C)c3C)CC2)NC(=O)NC1c1ccc(F)c(F)c1. The van der Waals surface area contributed by atoms with E-state index in [4.69, 9.17) is 4.74 Å². The number of piperazine rings is 1. The number of carbonyl (C=O) groups is 2. The number of ether oxygens (including phenoxy) is 1. The van der Waals surface area contributed by atoms with E-state index in [0.717, 1.165) is 38.3 Å². The van der Waals surface area contributed by atoms with E-state index in [-0.39, 0.29) is 17.7 Å². The fourth-order valence-electron chi connectivity index (χ4n) is 4.58. The van der Waals surface area contributed by atoms with Gasteiger partial charge in [0.1, 0.15) is 0 Å². The summed E-state index contributed by atoms with van der Waals surface area (Å²) in [4.78, 5) is 29.9. The highest BCUT2D eigenvalue weighted by molar-refractivity contribution is 5.95. The molecule has 2 aromatic carbocycles. The molecule has 1 atom stereocenters. The number of amides is 2. The maximum atomic E-state index is 14.0. The second-order valence-corrected chi connectivity index (χ2v) is 8.80. The lowest BCUT2D eigenvalue weighted by Gasteiger charge is -2.38. The summed E-state index contributed by atoms with van der Waals surface area (Å²) >= 11 is 0. The second kappa shape index (κ2) is 10.4. The molecule has 2 N–H and O–H groups in total. The fourth-order valence-corrected chi connectivity index (χ4v) is 4.58. The van der Waals surface area contributed by atoms with Crippen molar-refractivity contribution >= 4 is 17.7 Å². The zero-order valence-corrected chi connectivity index (χ0v) is 20.2. The number of nitrogens with zero attached hydrogens (tertiary/aromatic N) is 2. The number of hydrogen-bond acceptors (Lipinski definition) is 5. The van der Waals surface area contributed by atoms with Gasteiger partial charge >= 0.3 is 12.0 Å². The summed E-state index contributed by atoms with van der Waals surface area (Å²) in [6.07, 6.45) is 0. The first kappa shape index (κ1) is 24.7. The molecule has 0 aromatic heterocycles. The van der Waals surface area contributed by atoms with Crippen LogP contribution in [0.5, 0.6) is 0 Å². The first-order chi connectivity index (χ1) is 16.8. The minimum absolute atomic E-state index is 0.141. The van der Waals surface area contributed by atoms with Crippen LogP contribution in [0.2, 0.25) is 0 Å². The Labute approximate surface area is 203 Å². The van der Waals surface area contributed by atoms with Gasteiger partial charge in [0.25, 0.3) is 0 Å². The lowest BCUT2D eigenvalue weighted by molar-refractivity contribution is -0.139. The number of esters is 1. The van der Waals surface area contributed by atoms with Gasteiger partial charge in [0, 0.05) is 44.1 Å². The maximum Gasteiger partial charge on any atom is 0.338 e. The lowest BCUT2D eigenvalue weighted by atomic mass is 9.94. The highest BCUT2D eigenvalue weighted by atomic mass is 19.2. The molecule has 7 nitrogen and oxygen atoms in total. The van der Waals surface area contributed by atoms with Crippen molar-refractivity contribution in [2.75, 3.05) is 44.2 Å². The fraction of sp³-hybridized carbons (Fsp3) is 0.385. The number of urea groups is 1. The van der Waals surface area contributed by atoms with Crippen LogP contribution >= 0.6 is 0 Å². The molecule has 2 amide bonds. The van der Waals surface area contributed by atoms with Crippen molar-refractivity contribution in [3.8, 4) is 0 Å². The molecular weight excluding hydrogens is 454 g/mol. The summed E-state index contributed by atoms with van der Waals surface area (Å²) in [5.74, 6) is -2.67. The molecule has 35 heavy (non-hydrogen) atoms. The van der Waals surface area contributed by atoms with Crippen LogP contribution in [0.15, 0.2) is 47.7 Å². The van der Waals surface area contributed by atoms with E-state index in [9.17, 15) is 18.4 Å². The number of aryl methyl sites for hydroxylation is 1. The smallest absolute Gasteiger partial charge is 0.338 e. The van der Waals surface area contributed by atoms with Gasteiger partial charge in [0.15, 0.2) is 11.6 Å². The molecule has 0 spiro atoms. The quantitative estimate of drug-likeness (QED) is 0.614. The zero-order valence-electron chi connectivity index (χ0n) is 20.2. The standard InChI is InChI=1S/C26H30F2N4O3/c1-4-35-25(33)23-21(29-26(34)30-24(23)18-8-9-19(27)20(28)14-18)15-31-10-12-32(13-11-31)22-7-5-6-16(2)17(22)3/h5-9,14,24H,4,10-13,15H2,1-3H3,(H2,29,30,34). The van der Waals surface area contributed by atoms with Gasteiger partial charge in [-0.15, -0.1) is 0 Å². The third-order valence-electron chi connectivity index (χ3n) is 6.60. The van der Waals surface area contributed by atoms with Gasteiger partial charge in [-0.25, -0.2) is 18.4 Å². The summed E-state index contributed by atoms with van der Waals surface area (Å²) in [6.45, 7) is 9.42. The van der Waals surface area contributed by atoms with Crippen molar-refractivity contribution in [3.05, 3.63) is 76.0 Å². The van der Waals surface area contributed by atoms with Crippen molar-refractivity contribution < 1.29 is 23.1 Å². The predicted octanol–water partition coefficient (Wildman–Crippen LogP) is 3.57. The van der Waals surface area contributed by atoms with Crippen LogP contribution in [-0.4, -0.2) is 56.2 Å². The average Bonchev–Trinajstić information content (AvgIpc) is 2.83. The van der Waals surface area contributed by atoms with Gasteiger partial charge in [-0.2, -0.15) is 0 Å². The third-order valence-corrected chi connectivity index (χ3v) is 6.60. The number of halogens is 2. The summed E-state index contributed by atoms with van der Waals surface area (Å²) < 4.78 is 32.7. The second-order valence-electron chi connectivity index (χ2n) is 8.80. The Morgan fingerprint density at radius 3 is 2.51 bits per heavy atom. The van der Waals surface area contributed by atoms with E-state index < -0.39 is 29.7 Å². The van der Waals surface area contributed by atoms with E-state index in [1.165, 1.54) is 22.9 Å². The molecular formula is C26H30F2N4O3. The van der Waals surface area contributed by atoms with Gasteiger partial charge in [-0.1, -0.05) is 18.2 Å². The van der Waals surface area contributed by atoms with Crippen LogP contribution < -0.4 is 15.5 Å². The van der Waals surface area contributed by atoms with Crippen LogP contribution in [0.4, 0.5) is 19.3 Å². The Balaban J connectivity index is 1.58. The predicted molar refractivity (Wildman–Crippen MR) is 129 cm³/mol. The highest BCUT2D eigenvalue weighted by Crippen LogP contribution is 2.30. The van der Waals surface area contributed by atoms with Crippen LogP contribution in [0.25, 0.3) is 0 Å². The minimum atomic E-state index is -1.05. The number of rotatable bonds is 6. The van der Waals surface area contributed by atoms with Crippen molar-refractivity contribution in [1.82, 2.24) is 15.5 Å². The molecule has 186 valence electrons. The monoisotopic (exact) mass is 484 g/mol. The van der Waals surface area contributed by atoms with Gasteiger partial charge in [-0.05, 0) is 55.7 Å². The van der Waals surface area contributed by atoms with Crippen LogP contribution in [0, 0.1) is 25.5 Å². The molecule has 2 aliphatic heterocycles. The van der Waals surface area contributed by atoms with Gasteiger partial charge in [0.2, 0.25) is 0 Å². The summed E-state index contributed by atoms with van der Waals surface area (Å²) in [5.41, 5.74) is 4.57. The van der Waals surface area contributed by atoms with E-state index in [1.54, 1.807) is 6.92 Å². The molecule has 2 heterocycles. The first-order valence-corrected chi connectivity index (χ1v) is 11.7. The Bertz CT molecular complexity index is 1160. The number of nitrogens with one attached hydrogen (secondary N) is 2. The molecule has 1 unspecified atom stereocenters. The van der Waals surface area contributed by atoms with Gasteiger partial charge < -0.3 is 20.3 Å². The molecule has 0 saturated carbocycles. The Kier molecular flexibility index (Phi) is 7.35. The Hall–Kier alpha value is -3.46. The molecule has 1 saturated heterocycles. The maximum absolute atomic E-state index is 14.0. The highest BCUT2D eigenvalue weighted by Gasteiger charge is 2.35. The Morgan fingerprint density at radius 2 is 1.83 bits per heavy atom. The summed E-state index contributed by atoms with van der Waals surface area (Å²) in [7, 11) is 0. The summed E-state index contributed by atoms with van der Waals surface area (Å²) in [5, 5.41) is 5.40. The van der Waals surface area contributed by atoms with Crippen molar-refractivity contribution in [3.63, 3.8) is 0 Å². The van der Waals surface area contributed by atoms with E-state index in [2.05, 4.69) is 52.5 Å². The Morgan fingerprint density at radius 1 is 1.09 bits per heavy atom. The molecule has 0 bridgehead atoms.